The maximum absolute atomic E-state index is 10.7. The van der Waals surface area contributed by atoms with Gasteiger partial charge in [-0.2, -0.15) is 0 Å². The molecule has 72 valence electrons. The second kappa shape index (κ2) is 3.77. The Morgan fingerprint density at radius 2 is 2.07 bits per heavy atom. The van der Waals surface area contributed by atoms with Crippen molar-refractivity contribution in [1.29, 1.82) is 0 Å². The van der Waals surface area contributed by atoms with Crippen LogP contribution in [-0.4, -0.2) is 8.76 Å². The third-order valence-electron chi connectivity index (χ3n) is 1.83. The summed E-state index contributed by atoms with van der Waals surface area (Å²) in [6.45, 7) is 0. The van der Waals surface area contributed by atoms with E-state index in [0.29, 0.717) is 5.76 Å². The van der Waals surface area contributed by atoms with Crippen LogP contribution >= 0.6 is 0 Å². The van der Waals surface area contributed by atoms with Crippen LogP contribution in [0.5, 0.6) is 0 Å². The molecule has 0 aliphatic heterocycles. The van der Waals surface area contributed by atoms with Crippen LogP contribution in [0.2, 0.25) is 0 Å². The summed E-state index contributed by atoms with van der Waals surface area (Å²) in [6, 6.07) is 10.1. The van der Waals surface area contributed by atoms with Gasteiger partial charge < -0.3 is 8.97 Å². The first-order chi connectivity index (χ1) is 6.77. The average Bonchev–Trinajstić information content (AvgIpc) is 2.71. The smallest absolute Gasteiger partial charge is 0.133 e. The summed E-state index contributed by atoms with van der Waals surface area (Å²) in [5.74, 6) is 0.664. The van der Waals surface area contributed by atoms with Crippen molar-refractivity contribution < 1.29 is 13.2 Å². The molecule has 2 aromatic rings. The second-order valence-corrected chi connectivity index (χ2v) is 3.68. The Bertz CT molecular complexity index is 448. The second-order valence-electron chi connectivity index (χ2n) is 2.74. The van der Waals surface area contributed by atoms with Crippen LogP contribution in [0.3, 0.4) is 0 Å². The van der Waals surface area contributed by atoms with Crippen molar-refractivity contribution in [3.8, 4) is 11.3 Å². The molecular weight excluding hydrogens is 200 g/mol. The zero-order valence-corrected chi connectivity index (χ0v) is 7.99. The van der Waals surface area contributed by atoms with Gasteiger partial charge in [0, 0.05) is 10.5 Å². The highest BCUT2D eigenvalue weighted by molar-refractivity contribution is 7.79. The van der Waals surface area contributed by atoms with E-state index >= 15 is 0 Å². The molecule has 0 bridgehead atoms. The number of hydrogen-bond acceptors (Lipinski definition) is 3. The first-order valence-electron chi connectivity index (χ1n) is 4.00. The Labute approximate surface area is 83.7 Å². The number of furan rings is 1. The standard InChI is InChI=1S/C10H8O3S/c11-14(12)9-4-1-3-8(7-9)10-5-2-6-13-10/h1-7H,(H,11,12)/p-1. The van der Waals surface area contributed by atoms with E-state index in [1.807, 2.05) is 0 Å². The molecule has 0 N–H and O–H groups in total. The van der Waals surface area contributed by atoms with Gasteiger partial charge in [0.05, 0.1) is 6.26 Å². The molecule has 0 aliphatic carbocycles. The van der Waals surface area contributed by atoms with E-state index in [0.717, 1.165) is 5.56 Å². The van der Waals surface area contributed by atoms with Gasteiger partial charge in [0.1, 0.15) is 5.76 Å². The van der Waals surface area contributed by atoms with Crippen molar-refractivity contribution in [2.75, 3.05) is 0 Å². The molecule has 0 fully saturated rings. The first-order valence-corrected chi connectivity index (χ1v) is 5.08. The van der Waals surface area contributed by atoms with Gasteiger partial charge in [-0.05, 0) is 35.3 Å². The van der Waals surface area contributed by atoms with Crippen LogP contribution < -0.4 is 0 Å². The van der Waals surface area contributed by atoms with Gasteiger partial charge in [0.2, 0.25) is 0 Å². The monoisotopic (exact) mass is 207 g/mol. The van der Waals surface area contributed by atoms with E-state index in [4.69, 9.17) is 4.42 Å². The summed E-state index contributed by atoms with van der Waals surface area (Å²) in [5, 5.41) is 0. The van der Waals surface area contributed by atoms with E-state index in [-0.39, 0.29) is 4.90 Å². The van der Waals surface area contributed by atoms with Crippen molar-refractivity contribution in [3.05, 3.63) is 42.7 Å². The Hall–Kier alpha value is -1.39. The fourth-order valence-corrected chi connectivity index (χ4v) is 1.61. The third-order valence-corrected chi connectivity index (χ3v) is 2.47. The quantitative estimate of drug-likeness (QED) is 0.709. The van der Waals surface area contributed by atoms with Crippen LogP contribution in [-0.2, 0) is 11.1 Å². The van der Waals surface area contributed by atoms with Crippen LogP contribution in [0.15, 0.2) is 52.0 Å². The molecule has 1 aromatic heterocycles. The van der Waals surface area contributed by atoms with Gasteiger partial charge in [0.25, 0.3) is 0 Å². The van der Waals surface area contributed by atoms with Crippen molar-refractivity contribution >= 4 is 11.1 Å². The minimum atomic E-state index is -2.19. The molecular formula is C10H7O3S-. The molecule has 4 heteroatoms. The van der Waals surface area contributed by atoms with Gasteiger partial charge in [-0.1, -0.05) is 12.1 Å². The zero-order chi connectivity index (χ0) is 9.97. The van der Waals surface area contributed by atoms with Crippen molar-refractivity contribution in [3.63, 3.8) is 0 Å². The molecule has 1 unspecified atom stereocenters. The molecule has 0 radical (unpaired) electrons. The minimum absolute atomic E-state index is 0.263. The SMILES string of the molecule is O=S([O-])c1cccc(-c2ccco2)c1. The van der Waals surface area contributed by atoms with Gasteiger partial charge in [0.15, 0.2) is 0 Å². The van der Waals surface area contributed by atoms with Crippen LogP contribution in [0.4, 0.5) is 0 Å². The summed E-state index contributed by atoms with van der Waals surface area (Å²) in [7, 11) is 0. The fraction of sp³-hybridized carbons (Fsp3) is 0. The van der Waals surface area contributed by atoms with Crippen molar-refractivity contribution in [1.82, 2.24) is 0 Å². The van der Waals surface area contributed by atoms with Crippen LogP contribution in [0.1, 0.15) is 0 Å². The molecule has 1 heterocycles. The lowest BCUT2D eigenvalue weighted by Gasteiger charge is -2.05. The van der Waals surface area contributed by atoms with Gasteiger partial charge in [-0.3, -0.25) is 4.21 Å². The lowest BCUT2D eigenvalue weighted by Crippen LogP contribution is -1.88. The highest BCUT2D eigenvalue weighted by atomic mass is 32.2. The fourth-order valence-electron chi connectivity index (χ4n) is 1.20. The Morgan fingerprint density at radius 3 is 2.71 bits per heavy atom. The highest BCUT2D eigenvalue weighted by Gasteiger charge is 2.01. The third kappa shape index (κ3) is 1.76. The molecule has 3 nitrogen and oxygen atoms in total. The average molecular weight is 207 g/mol. The molecule has 1 atom stereocenters. The molecule has 0 saturated carbocycles. The van der Waals surface area contributed by atoms with Crippen molar-refractivity contribution in [2.45, 2.75) is 4.90 Å². The van der Waals surface area contributed by atoms with Gasteiger partial charge in [-0.15, -0.1) is 0 Å². The molecule has 0 amide bonds. The maximum Gasteiger partial charge on any atom is 0.133 e. The number of benzene rings is 1. The normalized spacial score (nSPS) is 12.6. The van der Waals surface area contributed by atoms with E-state index < -0.39 is 11.1 Å². The summed E-state index contributed by atoms with van der Waals surface area (Å²) in [6.07, 6.45) is 1.55. The Morgan fingerprint density at radius 1 is 1.21 bits per heavy atom. The molecule has 0 aliphatic rings. The van der Waals surface area contributed by atoms with Gasteiger partial charge >= 0.3 is 0 Å². The molecule has 0 spiro atoms. The van der Waals surface area contributed by atoms with E-state index in [1.54, 1.807) is 36.6 Å². The number of hydrogen-bond donors (Lipinski definition) is 0. The highest BCUT2D eigenvalue weighted by Crippen LogP contribution is 2.21. The summed E-state index contributed by atoms with van der Waals surface area (Å²) < 4.78 is 26.5. The van der Waals surface area contributed by atoms with Gasteiger partial charge in [-0.25, -0.2) is 0 Å². The van der Waals surface area contributed by atoms with E-state index in [2.05, 4.69) is 0 Å². The molecule has 2 rings (SSSR count). The topological polar surface area (TPSA) is 53.3 Å². The molecule has 0 saturated heterocycles. The largest absolute Gasteiger partial charge is 0.768 e. The van der Waals surface area contributed by atoms with Crippen LogP contribution in [0, 0.1) is 0 Å². The zero-order valence-electron chi connectivity index (χ0n) is 7.17. The predicted octanol–water partition coefficient (Wildman–Crippen LogP) is 2.18. The summed E-state index contributed by atoms with van der Waals surface area (Å²) >= 11 is -2.19. The summed E-state index contributed by atoms with van der Waals surface area (Å²) in [4.78, 5) is 0.263. The number of rotatable bonds is 2. The Balaban J connectivity index is 2.46. The molecule has 1 aromatic carbocycles. The lowest BCUT2D eigenvalue weighted by atomic mass is 10.2. The predicted molar refractivity (Wildman–Crippen MR) is 51.3 cm³/mol. The maximum atomic E-state index is 10.7. The van der Waals surface area contributed by atoms with Crippen molar-refractivity contribution in [2.24, 2.45) is 0 Å². The van der Waals surface area contributed by atoms with Crippen LogP contribution in [0.25, 0.3) is 11.3 Å². The Kier molecular flexibility index (Phi) is 2.47. The lowest BCUT2D eigenvalue weighted by molar-refractivity contribution is 0.537. The molecule has 14 heavy (non-hydrogen) atoms. The summed E-state index contributed by atoms with van der Waals surface area (Å²) in [5.41, 5.74) is 0.761. The van der Waals surface area contributed by atoms with E-state index in [1.165, 1.54) is 6.07 Å². The van der Waals surface area contributed by atoms with E-state index in [9.17, 15) is 8.76 Å². The minimum Gasteiger partial charge on any atom is -0.768 e. The first kappa shape index (κ1) is 9.18.